The van der Waals surface area contributed by atoms with Crippen molar-refractivity contribution in [1.82, 2.24) is 0 Å². The van der Waals surface area contributed by atoms with E-state index in [0.717, 1.165) is 0 Å². The van der Waals surface area contributed by atoms with Crippen LogP contribution in [0.15, 0.2) is 35.3 Å². The standard InChI is InChI=1S/C11H16N2O/c1-14-8-7-13-11(12)9-10-5-3-2-4-6-10/h2-6H,7-9H2,1H3,(H2,12,13). The van der Waals surface area contributed by atoms with E-state index in [1.54, 1.807) is 7.11 Å². The molecule has 0 saturated heterocycles. The molecule has 0 fully saturated rings. The van der Waals surface area contributed by atoms with Gasteiger partial charge in [-0.3, -0.25) is 4.99 Å². The van der Waals surface area contributed by atoms with Crippen LogP contribution >= 0.6 is 0 Å². The summed E-state index contributed by atoms with van der Waals surface area (Å²) in [6.07, 6.45) is 0.713. The van der Waals surface area contributed by atoms with Crippen molar-refractivity contribution in [2.24, 2.45) is 10.7 Å². The number of benzene rings is 1. The van der Waals surface area contributed by atoms with Gasteiger partial charge >= 0.3 is 0 Å². The summed E-state index contributed by atoms with van der Waals surface area (Å²) in [4.78, 5) is 4.18. The van der Waals surface area contributed by atoms with Crippen LogP contribution in [0.25, 0.3) is 0 Å². The van der Waals surface area contributed by atoms with Gasteiger partial charge in [0.15, 0.2) is 0 Å². The van der Waals surface area contributed by atoms with Crippen molar-refractivity contribution < 1.29 is 4.74 Å². The quantitative estimate of drug-likeness (QED) is 0.433. The molecular weight excluding hydrogens is 176 g/mol. The number of nitrogens with zero attached hydrogens (tertiary/aromatic N) is 1. The van der Waals surface area contributed by atoms with Crippen LogP contribution in [0.3, 0.4) is 0 Å². The second-order valence-electron chi connectivity index (χ2n) is 3.03. The first kappa shape index (κ1) is 10.7. The molecule has 14 heavy (non-hydrogen) atoms. The maximum atomic E-state index is 5.74. The van der Waals surface area contributed by atoms with Gasteiger partial charge in [0.1, 0.15) is 0 Å². The first-order valence-electron chi connectivity index (χ1n) is 4.64. The SMILES string of the molecule is COCCN=C(N)Cc1ccccc1. The molecule has 0 atom stereocenters. The van der Waals surface area contributed by atoms with E-state index in [1.807, 2.05) is 30.3 Å². The lowest BCUT2D eigenvalue weighted by atomic mass is 10.1. The molecule has 0 spiro atoms. The summed E-state index contributed by atoms with van der Waals surface area (Å²) in [6.45, 7) is 1.25. The molecular formula is C11H16N2O. The minimum absolute atomic E-state index is 0.621. The topological polar surface area (TPSA) is 47.6 Å². The zero-order valence-electron chi connectivity index (χ0n) is 8.44. The van der Waals surface area contributed by atoms with Gasteiger partial charge in [0.05, 0.1) is 19.0 Å². The lowest BCUT2D eigenvalue weighted by molar-refractivity contribution is 0.208. The number of methoxy groups -OCH3 is 1. The highest BCUT2D eigenvalue weighted by Gasteiger charge is 1.94. The summed E-state index contributed by atoms with van der Waals surface area (Å²) in [6, 6.07) is 10.1. The zero-order chi connectivity index (χ0) is 10.2. The molecule has 0 aromatic heterocycles. The maximum Gasteiger partial charge on any atom is 0.0982 e. The van der Waals surface area contributed by atoms with Gasteiger partial charge in [-0.25, -0.2) is 0 Å². The van der Waals surface area contributed by atoms with Gasteiger partial charge in [0.2, 0.25) is 0 Å². The molecule has 0 aliphatic heterocycles. The summed E-state index contributed by atoms with van der Waals surface area (Å²) in [5, 5.41) is 0. The van der Waals surface area contributed by atoms with Crippen LogP contribution in [-0.2, 0) is 11.2 Å². The van der Waals surface area contributed by atoms with Crippen LogP contribution in [0, 0.1) is 0 Å². The zero-order valence-corrected chi connectivity index (χ0v) is 8.44. The maximum absolute atomic E-state index is 5.74. The van der Waals surface area contributed by atoms with Crippen molar-refractivity contribution in [2.75, 3.05) is 20.3 Å². The average Bonchev–Trinajstić information content (AvgIpc) is 2.20. The Hall–Kier alpha value is -1.35. The Morgan fingerprint density at radius 2 is 2.07 bits per heavy atom. The molecule has 1 rings (SSSR count). The molecule has 1 aromatic rings. The smallest absolute Gasteiger partial charge is 0.0982 e. The highest BCUT2D eigenvalue weighted by atomic mass is 16.5. The molecule has 0 unspecified atom stereocenters. The number of amidine groups is 1. The van der Waals surface area contributed by atoms with E-state index in [-0.39, 0.29) is 0 Å². The largest absolute Gasteiger partial charge is 0.387 e. The van der Waals surface area contributed by atoms with E-state index in [4.69, 9.17) is 10.5 Å². The third kappa shape index (κ3) is 4.05. The molecule has 0 saturated carbocycles. The monoisotopic (exact) mass is 192 g/mol. The van der Waals surface area contributed by atoms with Gasteiger partial charge in [0, 0.05) is 13.5 Å². The van der Waals surface area contributed by atoms with Crippen LogP contribution in [-0.4, -0.2) is 26.1 Å². The Morgan fingerprint density at radius 1 is 1.36 bits per heavy atom. The normalized spacial score (nSPS) is 11.6. The summed E-state index contributed by atoms with van der Waals surface area (Å²) in [5.74, 6) is 0.660. The predicted molar refractivity (Wildman–Crippen MR) is 58.5 cm³/mol. The average molecular weight is 192 g/mol. The fourth-order valence-electron chi connectivity index (χ4n) is 1.14. The number of aliphatic imine (C=N–C) groups is 1. The van der Waals surface area contributed by atoms with E-state index in [9.17, 15) is 0 Å². The molecule has 0 heterocycles. The summed E-state index contributed by atoms with van der Waals surface area (Å²) < 4.78 is 4.88. The minimum Gasteiger partial charge on any atom is -0.387 e. The van der Waals surface area contributed by atoms with E-state index in [2.05, 4.69) is 4.99 Å². The number of nitrogens with two attached hydrogens (primary N) is 1. The van der Waals surface area contributed by atoms with Gasteiger partial charge in [-0.05, 0) is 5.56 Å². The number of hydrogen-bond donors (Lipinski definition) is 1. The minimum atomic E-state index is 0.621. The molecule has 0 bridgehead atoms. The molecule has 2 N–H and O–H groups in total. The van der Waals surface area contributed by atoms with Crippen LogP contribution in [0.5, 0.6) is 0 Å². The number of rotatable bonds is 5. The Morgan fingerprint density at radius 3 is 2.71 bits per heavy atom. The van der Waals surface area contributed by atoms with Crippen LogP contribution in [0.2, 0.25) is 0 Å². The molecule has 0 aliphatic rings. The lowest BCUT2D eigenvalue weighted by Crippen LogP contribution is -2.16. The Bertz CT molecular complexity index is 283. The summed E-state index contributed by atoms with van der Waals surface area (Å²) >= 11 is 0. The highest BCUT2D eigenvalue weighted by Crippen LogP contribution is 1.98. The lowest BCUT2D eigenvalue weighted by Gasteiger charge is -2.00. The van der Waals surface area contributed by atoms with Crippen LogP contribution in [0.1, 0.15) is 5.56 Å². The van der Waals surface area contributed by atoms with E-state index >= 15 is 0 Å². The second kappa shape index (κ2) is 6.16. The van der Waals surface area contributed by atoms with Gasteiger partial charge in [0.25, 0.3) is 0 Å². The summed E-state index contributed by atoms with van der Waals surface area (Å²) in [7, 11) is 1.66. The van der Waals surface area contributed by atoms with Crippen molar-refractivity contribution in [3.05, 3.63) is 35.9 Å². The van der Waals surface area contributed by atoms with E-state index in [1.165, 1.54) is 5.56 Å². The number of hydrogen-bond acceptors (Lipinski definition) is 2. The molecule has 76 valence electrons. The highest BCUT2D eigenvalue weighted by molar-refractivity contribution is 5.82. The Kier molecular flexibility index (Phi) is 4.72. The Balaban J connectivity index is 2.40. The molecule has 3 nitrogen and oxygen atoms in total. The fourth-order valence-corrected chi connectivity index (χ4v) is 1.14. The number of ether oxygens (including phenoxy) is 1. The van der Waals surface area contributed by atoms with Crippen molar-refractivity contribution in [3.63, 3.8) is 0 Å². The predicted octanol–water partition coefficient (Wildman–Crippen LogP) is 1.23. The van der Waals surface area contributed by atoms with Crippen LogP contribution in [0.4, 0.5) is 0 Å². The molecule has 1 aromatic carbocycles. The third-order valence-electron chi connectivity index (χ3n) is 1.84. The van der Waals surface area contributed by atoms with E-state index < -0.39 is 0 Å². The second-order valence-corrected chi connectivity index (χ2v) is 3.03. The van der Waals surface area contributed by atoms with E-state index in [0.29, 0.717) is 25.4 Å². The van der Waals surface area contributed by atoms with Gasteiger partial charge < -0.3 is 10.5 Å². The Labute approximate surface area is 84.6 Å². The van der Waals surface area contributed by atoms with Crippen LogP contribution < -0.4 is 5.73 Å². The molecule has 0 radical (unpaired) electrons. The van der Waals surface area contributed by atoms with Gasteiger partial charge in [-0.2, -0.15) is 0 Å². The first-order chi connectivity index (χ1) is 6.83. The molecule has 0 amide bonds. The summed E-state index contributed by atoms with van der Waals surface area (Å²) in [5.41, 5.74) is 6.93. The third-order valence-corrected chi connectivity index (χ3v) is 1.84. The van der Waals surface area contributed by atoms with Crippen molar-refractivity contribution in [1.29, 1.82) is 0 Å². The van der Waals surface area contributed by atoms with Crippen molar-refractivity contribution in [3.8, 4) is 0 Å². The van der Waals surface area contributed by atoms with Gasteiger partial charge in [-0.15, -0.1) is 0 Å². The van der Waals surface area contributed by atoms with Crippen molar-refractivity contribution >= 4 is 5.84 Å². The molecule has 0 aliphatic carbocycles. The van der Waals surface area contributed by atoms with Crippen molar-refractivity contribution in [2.45, 2.75) is 6.42 Å². The first-order valence-corrected chi connectivity index (χ1v) is 4.64. The molecule has 3 heteroatoms. The fraction of sp³-hybridized carbons (Fsp3) is 0.364. The van der Waals surface area contributed by atoms with Gasteiger partial charge in [-0.1, -0.05) is 30.3 Å².